The largest absolute Gasteiger partial charge is 0.867 e. The van der Waals surface area contributed by atoms with E-state index in [2.05, 4.69) is 15.8 Å². The molecule has 2 N–H and O–H groups in total. The first kappa shape index (κ1) is 19.3. The van der Waals surface area contributed by atoms with Crippen LogP contribution >= 0.6 is 11.6 Å². The van der Waals surface area contributed by atoms with Gasteiger partial charge in [0, 0.05) is 23.6 Å². The molecule has 2 atom stereocenters. The zero-order valence-electron chi connectivity index (χ0n) is 14.3. The van der Waals surface area contributed by atoms with Gasteiger partial charge < -0.3 is 10.4 Å². The highest BCUT2D eigenvalue weighted by Crippen LogP contribution is 2.30. The molecule has 0 aromatic heterocycles. The number of nitrogens with one attached hydrogen (secondary N) is 2. The number of nitro groups is 1. The molecule has 10 heteroatoms. The van der Waals surface area contributed by atoms with Gasteiger partial charge in [0.1, 0.15) is 5.92 Å². The summed E-state index contributed by atoms with van der Waals surface area (Å²) in [6, 6.07) is 11.2. The first-order chi connectivity index (χ1) is 13.4. The number of amides is 2. The summed E-state index contributed by atoms with van der Waals surface area (Å²) < 4.78 is 0. The molecule has 0 aliphatic carbocycles. The molecule has 9 nitrogen and oxygen atoms in total. The number of rotatable bonds is 5. The zero-order chi connectivity index (χ0) is 20.3. The van der Waals surface area contributed by atoms with Gasteiger partial charge in [-0.1, -0.05) is 41.9 Å². The van der Waals surface area contributed by atoms with Crippen molar-refractivity contribution in [1.82, 2.24) is 10.7 Å². The predicted octanol–water partition coefficient (Wildman–Crippen LogP) is 1.30. The van der Waals surface area contributed by atoms with Crippen LogP contribution in [0, 0.1) is 16.0 Å². The van der Waals surface area contributed by atoms with E-state index in [4.69, 9.17) is 11.6 Å². The standard InChI is InChI=1S/C18H15ClN4O5/c19-12-6-11(16(24)14(7-12)23(27)28)8-21-22-18(26)15-13(9-20-17(15)25)10-4-2-1-3-5-10/h1-8,13,15,24H,9H2,(H,20,25)(H,22,26)/p-1/t13-,15-/m0/s1. The van der Waals surface area contributed by atoms with E-state index < -0.39 is 34.1 Å². The summed E-state index contributed by atoms with van der Waals surface area (Å²) in [6.07, 6.45) is 0.962. The van der Waals surface area contributed by atoms with Crippen LogP contribution in [0.2, 0.25) is 5.02 Å². The Hall–Kier alpha value is -3.46. The Bertz CT molecular complexity index is 964. The fourth-order valence-corrected chi connectivity index (χ4v) is 3.22. The minimum atomic E-state index is -0.986. The summed E-state index contributed by atoms with van der Waals surface area (Å²) in [5.41, 5.74) is 2.20. The van der Waals surface area contributed by atoms with Crippen molar-refractivity contribution in [3.8, 4) is 5.75 Å². The van der Waals surface area contributed by atoms with Gasteiger partial charge in [-0.3, -0.25) is 19.7 Å². The van der Waals surface area contributed by atoms with E-state index >= 15 is 0 Å². The van der Waals surface area contributed by atoms with Crippen LogP contribution in [0.25, 0.3) is 0 Å². The molecule has 2 aromatic carbocycles. The van der Waals surface area contributed by atoms with Gasteiger partial charge in [-0.2, -0.15) is 5.10 Å². The van der Waals surface area contributed by atoms with E-state index in [9.17, 15) is 24.8 Å². The average Bonchev–Trinajstić information content (AvgIpc) is 3.06. The maximum atomic E-state index is 12.5. The van der Waals surface area contributed by atoms with Crippen LogP contribution in [-0.4, -0.2) is 29.5 Å². The van der Waals surface area contributed by atoms with E-state index in [1.807, 2.05) is 30.3 Å². The number of halogens is 1. The Labute approximate surface area is 164 Å². The molecule has 0 radical (unpaired) electrons. The van der Waals surface area contributed by atoms with Gasteiger partial charge in [0.25, 0.3) is 11.6 Å². The zero-order valence-corrected chi connectivity index (χ0v) is 15.1. The average molecular weight is 402 g/mol. The van der Waals surface area contributed by atoms with E-state index in [0.717, 1.165) is 17.8 Å². The molecule has 1 aliphatic heterocycles. The topological polar surface area (TPSA) is 137 Å². The van der Waals surface area contributed by atoms with Crippen molar-refractivity contribution >= 4 is 35.3 Å². The molecule has 1 aliphatic rings. The smallest absolute Gasteiger partial charge is 0.263 e. The van der Waals surface area contributed by atoms with Crippen LogP contribution in [0.5, 0.6) is 5.75 Å². The third-order valence-corrected chi connectivity index (χ3v) is 4.55. The lowest BCUT2D eigenvalue weighted by Crippen LogP contribution is -2.34. The van der Waals surface area contributed by atoms with Crippen LogP contribution in [0.15, 0.2) is 47.6 Å². The lowest BCUT2D eigenvalue weighted by Gasteiger charge is -2.15. The number of nitrogens with zero attached hydrogens (tertiary/aromatic N) is 2. The lowest BCUT2D eigenvalue weighted by atomic mass is 9.88. The summed E-state index contributed by atoms with van der Waals surface area (Å²) in [5, 5.41) is 29.2. The van der Waals surface area contributed by atoms with Crippen LogP contribution in [0.1, 0.15) is 17.0 Å². The molecule has 3 rings (SSSR count). The van der Waals surface area contributed by atoms with E-state index in [-0.39, 0.29) is 16.5 Å². The van der Waals surface area contributed by atoms with Crippen molar-refractivity contribution in [3.63, 3.8) is 0 Å². The maximum absolute atomic E-state index is 12.5. The van der Waals surface area contributed by atoms with Crippen LogP contribution in [-0.2, 0) is 9.59 Å². The molecule has 28 heavy (non-hydrogen) atoms. The molecule has 1 saturated heterocycles. The fourth-order valence-electron chi connectivity index (χ4n) is 3.00. The Balaban J connectivity index is 1.76. The molecule has 0 unspecified atom stereocenters. The van der Waals surface area contributed by atoms with Gasteiger partial charge in [-0.05, 0) is 22.9 Å². The number of hydrogen-bond acceptors (Lipinski definition) is 6. The van der Waals surface area contributed by atoms with Crippen LogP contribution in [0.4, 0.5) is 5.69 Å². The molecule has 0 bridgehead atoms. The van der Waals surface area contributed by atoms with Crippen molar-refractivity contribution < 1.29 is 19.6 Å². The molecule has 144 valence electrons. The number of benzene rings is 2. The minimum absolute atomic E-state index is 0.0154. The first-order valence-electron chi connectivity index (χ1n) is 8.19. The summed E-state index contributed by atoms with van der Waals surface area (Å²) in [4.78, 5) is 34.6. The molecule has 0 saturated carbocycles. The van der Waals surface area contributed by atoms with Crippen LogP contribution in [0.3, 0.4) is 0 Å². The van der Waals surface area contributed by atoms with E-state index in [1.54, 1.807) is 0 Å². The number of carbonyl (C=O) groups is 2. The van der Waals surface area contributed by atoms with Gasteiger partial charge in [-0.25, -0.2) is 5.43 Å². The number of nitro benzene ring substituents is 1. The summed E-state index contributed by atoms with van der Waals surface area (Å²) in [7, 11) is 0. The van der Waals surface area contributed by atoms with Crippen molar-refractivity contribution in [2.24, 2.45) is 11.0 Å². The monoisotopic (exact) mass is 401 g/mol. The molecule has 0 spiro atoms. The lowest BCUT2D eigenvalue weighted by molar-refractivity contribution is -0.398. The van der Waals surface area contributed by atoms with Crippen molar-refractivity contribution in [2.45, 2.75) is 5.92 Å². The second kappa shape index (κ2) is 8.05. The Kier molecular flexibility index (Phi) is 5.55. The molecule has 1 fully saturated rings. The minimum Gasteiger partial charge on any atom is -0.867 e. The van der Waals surface area contributed by atoms with Gasteiger partial charge in [0.05, 0.1) is 11.1 Å². The Morgan fingerprint density at radius 3 is 2.71 bits per heavy atom. The van der Waals surface area contributed by atoms with E-state index in [1.165, 1.54) is 6.07 Å². The first-order valence-corrected chi connectivity index (χ1v) is 8.57. The summed E-state index contributed by atoms with van der Waals surface area (Å²) >= 11 is 5.77. The van der Waals surface area contributed by atoms with Gasteiger partial charge in [0.15, 0.2) is 0 Å². The maximum Gasteiger partial charge on any atom is 0.263 e. The number of hydrazone groups is 1. The fraction of sp³-hybridized carbons (Fsp3) is 0.167. The highest BCUT2D eigenvalue weighted by atomic mass is 35.5. The predicted molar refractivity (Wildman–Crippen MR) is 99.0 cm³/mol. The van der Waals surface area contributed by atoms with E-state index in [0.29, 0.717) is 6.54 Å². The highest BCUT2D eigenvalue weighted by molar-refractivity contribution is 6.31. The SMILES string of the molecule is O=C1NC[C@@H](c2ccccc2)[C@@H]1C(=O)NN=Cc1cc(Cl)cc([N+](=O)[O-])c1[O-]. The number of hydrogen-bond donors (Lipinski definition) is 2. The second-order valence-electron chi connectivity index (χ2n) is 6.07. The van der Waals surface area contributed by atoms with Crippen molar-refractivity contribution in [1.29, 1.82) is 0 Å². The molecule has 2 aromatic rings. The number of carbonyl (C=O) groups excluding carboxylic acids is 2. The Morgan fingerprint density at radius 2 is 2.04 bits per heavy atom. The van der Waals surface area contributed by atoms with Gasteiger partial charge >= 0.3 is 0 Å². The third-order valence-electron chi connectivity index (χ3n) is 4.33. The summed E-state index contributed by atoms with van der Waals surface area (Å²) in [5.74, 6) is -3.30. The van der Waals surface area contributed by atoms with Gasteiger partial charge in [0.2, 0.25) is 5.91 Å². The molecule has 1 heterocycles. The Morgan fingerprint density at radius 1 is 1.32 bits per heavy atom. The van der Waals surface area contributed by atoms with Crippen LogP contribution < -0.4 is 15.8 Å². The quantitative estimate of drug-likeness (QED) is 0.336. The molecular weight excluding hydrogens is 388 g/mol. The summed E-state index contributed by atoms with van der Waals surface area (Å²) in [6.45, 7) is 0.315. The normalized spacial score (nSPS) is 18.8. The highest BCUT2D eigenvalue weighted by Gasteiger charge is 2.40. The van der Waals surface area contributed by atoms with Gasteiger partial charge in [-0.15, -0.1) is 0 Å². The second-order valence-corrected chi connectivity index (χ2v) is 6.51. The molecular formula is C18H14ClN4O5-. The molecule has 2 amide bonds. The van der Waals surface area contributed by atoms with Crippen molar-refractivity contribution in [3.05, 3.63) is 68.7 Å². The third kappa shape index (κ3) is 3.94. The van der Waals surface area contributed by atoms with Crippen molar-refractivity contribution in [2.75, 3.05) is 6.54 Å².